The third-order valence-corrected chi connectivity index (χ3v) is 4.53. The van der Waals surface area contributed by atoms with Crippen LogP contribution in [0.2, 0.25) is 0 Å². The number of hydrogen-bond acceptors (Lipinski definition) is 2. The molecule has 1 aliphatic heterocycles. The fourth-order valence-electron chi connectivity index (χ4n) is 3.28. The number of piperazine rings is 1. The van der Waals surface area contributed by atoms with Gasteiger partial charge in [0, 0.05) is 55.9 Å². The van der Waals surface area contributed by atoms with E-state index in [0.29, 0.717) is 6.04 Å². The molecule has 3 heteroatoms. The molecule has 114 valence electrons. The fraction of sp³-hybridized carbons (Fsp3) is 0.556. The van der Waals surface area contributed by atoms with Crippen LogP contribution in [0, 0.1) is 6.92 Å². The third-order valence-electron chi connectivity index (χ3n) is 4.53. The second-order valence-corrected chi connectivity index (χ2v) is 6.52. The summed E-state index contributed by atoms with van der Waals surface area (Å²) in [6, 6.07) is 7.37. The van der Waals surface area contributed by atoms with Crippen LogP contribution >= 0.6 is 0 Å². The van der Waals surface area contributed by atoms with E-state index >= 15 is 0 Å². The first kappa shape index (κ1) is 14.6. The zero-order valence-electron chi connectivity index (χ0n) is 13.5. The Kier molecular flexibility index (Phi) is 4.32. The van der Waals surface area contributed by atoms with Gasteiger partial charge in [0.05, 0.1) is 0 Å². The Morgan fingerprint density at radius 1 is 1.19 bits per heavy atom. The maximum Gasteiger partial charge on any atom is 0.0485 e. The van der Waals surface area contributed by atoms with E-state index in [4.69, 9.17) is 0 Å². The number of fused-ring (bicyclic) bond motifs is 1. The van der Waals surface area contributed by atoms with Gasteiger partial charge in [-0.2, -0.15) is 0 Å². The smallest absolute Gasteiger partial charge is 0.0485 e. The van der Waals surface area contributed by atoms with Gasteiger partial charge < -0.3 is 14.8 Å². The standard InChI is InChI=1S/C18H27N3/c1-14(2)21-13-16(6-9-20-10-7-19-8-11-20)17-12-15(3)4-5-18(17)21/h4-5,12-14,19H,6-11H2,1-3H3. The normalized spacial score (nSPS) is 17.0. The molecule has 1 aromatic carbocycles. The topological polar surface area (TPSA) is 20.2 Å². The first-order valence-corrected chi connectivity index (χ1v) is 8.18. The Bertz CT molecular complexity index is 606. The molecule has 2 aromatic rings. The zero-order valence-corrected chi connectivity index (χ0v) is 13.5. The highest BCUT2D eigenvalue weighted by atomic mass is 15.2. The van der Waals surface area contributed by atoms with Crippen LogP contribution in [-0.2, 0) is 6.42 Å². The van der Waals surface area contributed by atoms with Gasteiger partial charge in [0.25, 0.3) is 0 Å². The number of hydrogen-bond donors (Lipinski definition) is 1. The molecule has 0 radical (unpaired) electrons. The van der Waals surface area contributed by atoms with Gasteiger partial charge in [-0.05, 0) is 44.9 Å². The van der Waals surface area contributed by atoms with E-state index in [9.17, 15) is 0 Å². The van der Waals surface area contributed by atoms with Gasteiger partial charge >= 0.3 is 0 Å². The number of rotatable bonds is 4. The molecule has 1 aromatic heterocycles. The lowest BCUT2D eigenvalue weighted by Gasteiger charge is -2.26. The number of nitrogens with zero attached hydrogens (tertiary/aromatic N) is 2. The van der Waals surface area contributed by atoms with Crippen molar-refractivity contribution in [1.29, 1.82) is 0 Å². The monoisotopic (exact) mass is 285 g/mol. The molecular formula is C18H27N3. The lowest BCUT2D eigenvalue weighted by Crippen LogP contribution is -2.44. The second kappa shape index (κ2) is 6.20. The average molecular weight is 285 g/mol. The van der Waals surface area contributed by atoms with Crippen molar-refractivity contribution >= 4 is 10.9 Å². The Balaban J connectivity index is 1.84. The quantitative estimate of drug-likeness (QED) is 0.932. The van der Waals surface area contributed by atoms with Gasteiger partial charge in [-0.25, -0.2) is 0 Å². The predicted octanol–water partition coefficient (Wildman–Crippen LogP) is 2.98. The van der Waals surface area contributed by atoms with Gasteiger partial charge in [-0.1, -0.05) is 11.6 Å². The molecule has 1 aliphatic rings. The average Bonchev–Trinajstić information content (AvgIpc) is 2.84. The van der Waals surface area contributed by atoms with Crippen molar-refractivity contribution in [2.45, 2.75) is 33.2 Å². The van der Waals surface area contributed by atoms with Crippen molar-refractivity contribution < 1.29 is 0 Å². The minimum absolute atomic E-state index is 0.517. The Labute approximate surface area is 127 Å². The highest BCUT2D eigenvalue weighted by Crippen LogP contribution is 2.26. The van der Waals surface area contributed by atoms with E-state index in [1.54, 1.807) is 0 Å². The summed E-state index contributed by atoms with van der Waals surface area (Å²) in [7, 11) is 0. The van der Waals surface area contributed by atoms with Gasteiger partial charge in [-0.3, -0.25) is 0 Å². The lowest BCUT2D eigenvalue weighted by atomic mass is 10.1. The minimum atomic E-state index is 0.517. The summed E-state index contributed by atoms with van der Waals surface area (Å²) in [5, 5.41) is 4.87. The third kappa shape index (κ3) is 3.14. The molecule has 3 rings (SSSR count). The maximum atomic E-state index is 3.42. The van der Waals surface area contributed by atoms with E-state index in [1.807, 2.05) is 0 Å². The molecule has 0 aliphatic carbocycles. The van der Waals surface area contributed by atoms with Crippen LogP contribution in [0.25, 0.3) is 10.9 Å². The number of aryl methyl sites for hydroxylation is 1. The minimum Gasteiger partial charge on any atom is -0.345 e. The molecule has 0 bridgehead atoms. The van der Waals surface area contributed by atoms with Crippen LogP contribution in [0.15, 0.2) is 24.4 Å². The Morgan fingerprint density at radius 3 is 2.67 bits per heavy atom. The summed E-state index contributed by atoms with van der Waals surface area (Å²) < 4.78 is 2.42. The van der Waals surface area contributed by atoms with Crippen LogP contribution in [-0.4, -0.2) is 42.2 Å². The Morgan fingerprint density at radius 2 is 1.95 bits per heavy atom. The molecule has 2 heterocycles. The van der Waals surface area contributed by atoms with Crippen LogP contribution in [0.3, 0.4) is 0 Å². The molecule has 0 amide bonds. The zero-order chi connectivity index (χ0) is 14.8. The second-order valence-electron chi connectivity index (χ2n) is 6.52. The molecule has 1 fully saturated rings. The highest BCUT2D eigenvalue weighted by molar-refractivity contribution is 5.84. The molecule has 1 N–H and O–H groups in total. The number of benzene rings is 1. The van der Waals surface area contributed by atoms with Crippen molar-refractivity contribution in [2.75, 3.05) is 32.7 Å². The predicted molar refractivity (Wildman–Crippen MR) is 90.1 cm³/mol. The first-order valence-electron chi connectivity index (χ1n) is 8.18. The van der Waals surface area contributed by atoms with Crippen molar-refractivity contribution in [3.63, 3.8) is 0 Å². The molecule has 0 saturated carbocycles. The maximum absolute atomic E-state index is 3.42. The van der Waals surface area contributed by atoms with Crippen LogP contribution in [0.4, 0.5) is 0 Å². The van der Waals surface area contributed by atoms with Gasteiger partial charge in [0.2, 0.25) is 0 Å². The fourth-order valence-corrected chi connectivity index (χ4v) is 3.28. The van der Waals surface area contributed by atoms with Crippen molar-refractivity contribution in [3.05, 3.63) is 35.5 Å². The SMILES string of the molecule is Cc1ccc2c(c1)c(CCN1CCNCC1)cn2C(C)C. The number of aromatic nitrogens is 1. The van der Waals surface area contributed by atoms with Gasteiger partial charge in [0.15, 0.2) is 0 Å². The number of nitrogens with one attached hydrogen (secondary N) is 1. The van der Waals surface area contributed by atoms with E-state index in [0.717, 1.165) is 19.5 Å². The van der Waals surface area contributed by atoms with Crippen molar-refractivity contribution in [3.8, 4) is 0 Å². The molecule has 3 nitrogen and oxygen atoms in total. The summed E-state index contributed by atoms with van der Waals surface area (Å²) in [6.45, 7) is 12.5. The summed E-state index contributed by atoms with van der Waals surface area (Å²) in [5.41, 5.74) is 4.24. The van der Waals surface area contributed by atoms with Crippen LogP contribution < -0.4 is 5.32 Å². The van der Waals surface area contributed by atoms with Gasteiger partial charge in [-0.15, -0.1) is 0 Å². The summed E-state index contributed by atoms with van der Waals surface area (Å²) in [5.74, 6) is 0. The summed E-state index contributed by atoms with van der Waals surface area (Å²) >= 11 is 0. The van der Waals surface area contributed by atoms with E-state index < -0.39 is 0 Å². The first-order chi connectivity index (χ1) is 10.1. The van der Waals surface area contributed by atoms with Gasteiger partial charge in [0.1, 0.15) is 0 Å². The van der Waals surface area contributed by atoms with Crippen molar-refractivity contribution in [2.24, 2.45) is 0 Å². The van der Waals surface area contributed by atoms with Crippen LogP contribution in [0.5, 0.6) is 0 Å². The molecule has 1 saturated heterocycles. The highest BCUT2D eigenvalue weighted by Gasteiger charge is 2.13. The molecule has 0 spiro atoms. The van der Waals surface area contributed by atoms with E-state index in [1.165, 1.54) is 41.7 Å². The van der Waals surface area contributed by atoms with Crippen LogP contribution in [0.1, 0.15) is 31.0 Å². The van der Waals surface area contributed by atoms with E-state index in [-0.39, 0.29) is 0 Å². The molecule has 21 heavy (non-hydrogen) atoms. The Hall–Kier alpha value is -1.32. The molecule has 0 atom stereocenters. The lowest BCUT2D eigenvalue weighted by molar-refractivity contribution is 0.244. The summed E-state index contributed by atoms with van der Waals surface area (Å²) in [4.78, 5) is 2.57. The molecular weight excluding hydrogens is 258 g/mol. The van der Waals surface area contributed by atoms with E-state index in [2.05, 4.69) is 60.0 Å². The van der Waals surface area contributed by atoms with Crippen molar-refractivity contribution in [1.82, 2.24) is 14.8 Å². The summed E-state index contributed by atoms with van der Waals surface area (Å²) in [6.07, 6.45) is 3.52. The largest absolute Gasteiger partial charge is 0.345 e. The molecule has 0 unspecified atom stereocenters.